The largest absolute Gasteiger partial charge is 0.487 e. The van der Waals surface area contributed by atoms with Crippen molar-refractivity contribution in [2.24, 2.45) is 7.05 Å². The number of aromatic nitrogens is 3. The third kappa shape index (κ3) is 1.93. The molecule has 0 amide bonds. The fourth-order valence-corrected chi connectivity index (χ4v) is 1.75. The first-order valence-corrected chi connectivity index (χ1v) is 5.84. The number of nitriles is 1. The Bertz CT molecular complexity index is 622. The molecule has 1 saturated carbocycles. The smallest absolute Gasteiger partial charge is 0.183 e. The van der Waals surface area contributed by atoms with Gasteiger partial charge < -0.3 is 4.74 Å². The summed E-state index contributed by atoms with van der Waals surface area (Å²) in [7, 11) is 1.84. The third-order valence-corrected chi connectivity index (χ3v) is 2.87. The Morgan fingerprint density at radius 2 is 2.22 bits per heavy atom. The van der Waals surface area contributed by atoms with Gasteiger partial charge in [-0.15, -0.1) is 0 Å². The molecule has 0 spiro atoms. The lowest BCUT2D eigenvalue weighted by molar-refractivity contribution is 0.301. The molecular weight excluding hydrogens is 228 g/mol. The first kappa shape index (κ1) is 10.8. The summed E-state index contributed by atoms with van der Waals surface area (Å²) in [6, 6.07) is 7.62. The van der Waals surface area contributed by atoms with Gasteiger partial charge in [0.15, 0.2) is 11.4 Å². The number of aryl methyl sites for hydroxylation is 1. The van der Waals surface area contributed by atoms with Crippen LogP contribution in [-0.2, 0) is 7.05 Å². The van der Waals surface area contributed by atoms with Crippen LogP contribution in [-0.4, -0.2) is 20.9 Å². The van der Waals surface area contributed by atoms with E-state index in [0.29, 0.717) is 11.4 Å². The van der Waals surface area contributed by atoms with Crippen LogP contribution in [0, 0.1) is 11.3 Å². The molecule has 2 aromatic rings. The molecule has 0 aromatic carbocycles. The van der Waals surface area contributed by atoms with E-state index in [2.05, 4.69) is 16.2 Å². The summed E-state index contributed by atoms with van der Waals surface area (Å²) < 4.78 is 7.37. The zero-order valence-electron chi connectivity index (χ0n) is 10.00. The molecule has 0 radical (unpaired) electrons. The predicted molar refractivity (Wildman–Crippen MR) is 64.8 cm³/mol. The maximum absolute atomic E-state index is 9.13. The molecule has 3 rings (SSSR count). The summed E-state index contributed by atoms with van der Waals surface area (Å²) in [6.07, 6.45) is 4.10. The number of pyridine rings is 1. The maximum Gasteiger partial charge on any atom is 0.183 e. The van der Waals surface area contributed by atoms with Crippen molar-refractivity contribution in [3.63, 3.8) is 0 Å². The van der Waals surface area contributed by atoms with Gasteiger partial charge in [0.2, 0.25) is 0 Å². The molecule has 5 heteroatoms. The number of ether oxygens (including phenoxy) is 1. The second-order valence-corrected chi connectivity index (χ2v) is 4.31. The lowest BCUT2D eigenvalue weighted by Crippen LogP contribution is -2.01. The van der Waals surface area contributed by atoms with Crippen molar-refractivity contribution in [1.82, 2.24) is 14.8 Å². The van der Waals surface area contributed by atoms with Gasteiger partial charge >= 0.3 is 0 Å². The predicted octanol–water partition coefficient (Wildman–Crippen LogP) is 1.89. The summed E-state index contributed by atoms with van der Waals surface area (Å²) in [4.78, 5) is 4.33. The van der Waals surface area contributed by atoms with E-state index in [1.807, 2.05) is 25.2 Å². The average molecular weight is 240 g/mol. The highest BCUT2D eigenvalue weighted by Gasteiger charge is 2.25. The molecule has 2 heterocycles. The van der Waals surface area contributed by atoms with Gasteiger partial charge in [-0.1, -0.05) is 0 Å². The van der Waals surface area contributed by atoms with Crippen LogP contribution in [0.5, 0.6) is 5.75 Å². The number of hydrogen-bond acceptors (Lipinski definition) is 4. The molecule has 2 aromatic heterocycles. The standard InChI is InChI=1S/C13H12N4O/c1-17-12(6-7-15-17)10-4-5-13(11(8-14)16-10)18-9-2-3-9/h4-7,9H,2-3H2,1H3. The van der Waals surface area contributed by atoms with Crippen LogP contribution in [0.3, 0.4) is 0 Å². The van der Waals surface area contributed by atoms with Crippen LogP contribution >= 0.6 is 0 Å². The monoisotopic (exact) mass is 240 g/mol. The van der Waals surface area contributed by atoms with E-state index >= 15 is 0 Å². The minimum Gasteiger partial charge on any atom is -0.487 e. The Morgan fingerprint density at radius 1 is 1.39 bits per heavy atom. The molecule has 0 atom stereocenters. The quantitative estimate of drug-likeness (QED) is 0.821. The van der Waals surface area contributed by atoms with Crippen molar-refractivity contribution in [3.8, 4) is 23.2 Å². The first-order chi connectivity index (χ1) is 8.78. The minimum atomic E-state index is 0.265. The van der Waals surface area contributed by atoms with Gasteiger partial charge in [0.1, 0.15) is 6.07 Å². The highest BCUT2D eigenvalue weighted by molar-refractivity contribution is 5.57. The average Bonchev–Trinajstić information content (AvgIpc) is 3.10. The molecule has 0 bridgehead atoms. The lowest BCUT2D eigenvalue weighted by atomic mass is 10.2. The Hall–Kier alpha value is -2.35. The molecule has 0 saturated heterocycles. The van der Waals surface area contributed by atoms with E-state index in [9.17, 15) is 0 Å². The van der Waals surface area contributed by atoms with Crippen molar-refractivity contribution in [3.05, 3.63) is 30.1 Å². The van der Waals surface area contributed by atoms with Crippen molar-refractivity contribution in [2.45, 2.75) is 18.9 Å². The fourth-order valence-electron chi connectivity index (χ4n) is 1.75. The van der Waals surface area contributed by atoms with Gasteiger partial charge in [0.25, 0.3) is 0 Å². The van der Waals surface area contributed by atoms with Crippen LogP contribution in [0.1, 0.15) is 18.5 Å². The maximum atomic E-state index is 9.13. The Balaban J connectivity index is 1.98. The van der Waals surface area contributed by atoms with E-state index in [1.54, 1.807) is 10.9 Å². The third-order valence-electron chi connectivity index (χ3n) is 2.87. The van der Waals surface area contributed by atoms with Crippen molar-refractivity contribution >= 4 is 0 Å². The Labute approximate surface area is 105 Å². The van der Waals surface area contributed by atoms with E-state index in [-0.39, 0.29) is 6.10 Å². The van der Waals surface area contributed by atoms with Gasteiger partial charge in [0, 0.05) is 13.2 Å². The van der Waals surface area contributed by atoms with E-state index in [1.165, 1.54) is 0 Å². The minimum absolute atomic E-state index is 0.265. The first-order valence-electron chi connectivity index (χ1n) is 5.84. The lowest BCUT2D eigenvalue weighted by Gasteiger charge is -2.07. The second-order valence-electron chi connectivity index (χ2n) is 4.31. The van der Waals surface area contributed by atoms with Crippen LogP contribution in [0.4, 0.5) is 0 Å². The second kappa shape index (κ2) is 4.15. The molecule has 0 aliphatic heterocycles. The molecular formula is C13H12N4O. The van der Waals surface area contributed by atoms with Gasteiger partial charge in [-0.2, -0.15) is 10.4 Å². The van der Waals surface area contributed by atoms with Crippen molar-refractivity contribution in [2.75, 3.05) is 0 Å². The van der Waals surface area contributed by atoms with Crippen LogP contribution in [0.2, 0.25) is 0 Å². The highest BCUT2D eigenvalue weighted by atomic mass is 16.5. The summed E-state index contributed by atoms with van der Waals surface area (Å²) in [5.74, 6) is 0.575. The summed E-state index contributed by atoms with van der Waals surface area (Å²) in [5, 5.41) is 13.2. The topological polar surface area (TPSA) is 63.7 Å². The number of hydrogen-bond donors (Lipinski definition) is 0. The molecule has 1 fully saturated rings. The fraction of sp³-hybridized carbons (Fsp3) is 0.308. The van der Waals surface area contributed by atoms with Crippen molar-refractivity contribution in [1.29, 1.82) is 5.26 Å². The zero-order valence-corrected chi connectivity index (χ0v) is 10.00. The van der Waals surface area contributed by atoms with Gasteiger partial charge in [0.05, 0.1) is 17.5 Å². The van der Waals surface area contributed by atoms with Gasteiger partial charge in [-0.25, -0.2) is 4.98 Å². The Morgan fingerprint density at radius 3 is 2.83 bits per heavy atom. The molecule has 90 valence electrons. The number of nitrogens with zero attached hydrogens (tertiary/aromatic N) is 4. The van der Waals surface area contributed by atoms with Crippen LogP contribution in [0.15, 0.2) is 24.4 Å². The molecule has 18 heavy (non-hydrogen) atoms. The summed E-state index contributed by atoms with van der Waals surface area (Å²) >= 11 is 0. The Kier molecular flexibility index (Phi) is 2.49. The molecule has 1 aliphatic rings. The summed E-state index contributed by atoms with van der Waals surface area (Å²) in [6.45, 7) is 0. The van der Waals surface area contributed by atoms with Gasteiger partial charge in [-0.05, 0) is 31.0 Å². The van der Waals surface area contributed by atoms with Gasteiger partial charge in [-0.3, -0.25) is 4.68 Å². The van der Waals surface area contributed by atoms with E-state index in [0.717, 1.165) is 24.2 Å². The normalized spacial score (nSPS) is 14.2. The van der Waals surface area contributed by atoms with Crippen LogP contribution < -0.4 is 4.74 Å². The number of rotatable bonds is 3. The van der Waals surface area contributed by atoms with Crippen LogP contribution in [0.25, 0.3) is 11.4 Å². The molecule has 5 nitrogen and oxygen atoms in total. The SMILES string of the molecule is Cn1nccc1-c1ccc(OC2CC2)c(C#N)n1. The molecule has 1 aliphatic carbocycles. The molecule has 0 N–H and O–H groups in total. The molecule has 0 unspecified atom stereocenters. The zero-order chi connectivity index (χ0) is 12.5. The summed E-state index contributed by atoms with van der Waals surface area (Å²) in [5.41, 5.74) is 1.94. The van der Waals surface area contributed by atoms with Crippen molar-refractivity contribution < 1.29 is 4.74 Å². The van der Waals surface area contributed by atoms with E-state index < -0.39 is 0 Å². The van der Waals surface area contributed by atoms with E-state index in [4.69, 9.17) is 10.00 Å². The highest BCUT2D eigenvalue weighted by Crippen LogP contribution is 2.29.